The minimum absolute atomic E-state index is 0.00743. The molecular weight excluding hydrogens is 380 g/mol. The fourth-order valence-electron chi connectivity index (χ4n) is 2.75. The zero-order valence-electron chi connectivity index (χ0n) is 14.9. The maximum atomic E-state index is 12.1. The zero-order chi connectivity index (χ0) is 18.8. The van der Waals surface area contributed by atoms with Crippen molar-refractivity contribution in [3.05, 3.63) is 70.5 Å². The Bertz CT molecular complexity index is 966. The smallest absolute Gasteiger partial charge is 0.251 e. The Hall–Kier alpha value is -2.31. The van der Waals surface area contributed by atoms with E-state index in [0.717, 1.165) is 40.8 Å². The molecule has 2 aromatic carbocycles. The number of amides is 1. The first-order valence-corrected chi connectivity index (χ1v) is 10.2. The van der Waals surface area contributed by atoms with E-state index in [0.29, 0.717) is 16.6 Å². The number of carbonyl (C=O) groups excluding carboxylic acids is 1. The molecule has 1 aromatic heterocycles. The largest absolute Gasteiger partial charge is 0.349 e. The molecule has 0 aliphatic heterocycles. The molecule has 3 aromatic rings. The lowest BCUT2D eigenvalue weighted by atomic mass is 10.1. The molecule has 1 saturated carbocycles. The third-order valence-electron chi connectivity index (χ3n) is 4.36. The summed E-state index contributed by atoms with van der Waals surface area (Å²) in [6.45, 7) is 1.92. The van der Waals surface area contributed by atoms with Crippen LogP contribution in [0.15, 0.2) is 53.7 Å². The molecular formula is C20H19ClN4OS. The van der Waals surface area contributed by atoms with E-state index in [1.165, 1.54) is 0 Å². The summed E-state index contributed by atoms with van der Waals surface area (Å²) in [5, 5.41) is 13.0. The number of thioether (sulfide) groups is 1. The van der Waals surface area contributed by atoms with Crippen LogP contribution in [0.5, 0.6) is 0 Å². The van der Waals surface area contributed by atoms with Crippen molar-refractivity contribution in [1.82, 2.24) is 20.1 Å². The van der Waals surface area contributed by atoms with Crippen molar-refractivity contribution >= 4 is 29.3 Å². The van der Waals surface area contributed by atoms with Gasteiger partial charge in [-0.05, 0) is 55.7 Å². The third-order valence-corrected chi connectivity index (χ3v) is 5.59. The first-order chi connectivity index (χ1) is 13.1. The maximum absolute atomic E-state index is 12.1. The Labute approximate surface area is 167 Å². The van der Waals surface area contributed by atoms with Crippen molar-refractivity contribution in [1.29, 1.82) is 0 Å². The van der Waals surface area contributed by atoms with Gasteiger partial charge in [-0.2, -0.15) is 0 Å². The monoisotopic (exact) mass is 398 g/mol. The summed E-state index contributed by atoms with van der Waals surface area (Å²) in [5.41, 5.74) is 2.77. The Balaban J connectivity index is 1.45. The molecule has 0 unspecified atom stereocenters. The van der Waals surface area contributed by atoms with Crippen molar-refractivity contribution in [3.8, 4) is 5.69 Å². The Morgan fingerprint density at radius 2 is 2.00 bits per heavy atom. The predicted octanol–water partition coefficient (Wildman–Crippen LogP) is 4.41. The van der Waals surface area contributed by atoms with E-state index in [4.69, 9.17) is 11.6 Å². The lowest BCUT2D eigenvalue weighted by molar-refractivity contribution is 0.0951. The molecule has 1 aliphatic carbocycles. The van der Waals surface area contributed by atoms with E-state index in [-0.39, 0.29) is 5.91 Å². The molecule has 5 nitrogen and oxygen atoms in total. The van der Waals surface area contributed by atoms with Gasteiger partial charge in [-0.15, -0.1) is 10.2 Å². The number of halogens is 1. The zero-order valence-corrected chi connectivity index (χ0v) is 16.4. The van der Waals surface area contributed by atoms with Gasteiger partial charge in [-0.3, -0.25) is 9.36 Å². The summed E-state index contributed by atoms with van der Waals surface area (Å²) in [5.74, 6) is 1.56. The summed E-state index contributed by atoms with van der Waals surface area (Å²) < 4.78 is 1.99. The second kappa shape index (κ2) is 7.74. The van der Waals surface area contributed by atoms with E-state index in [9.17, 15) is 4.79 Å². The number of nitrogens with zero attached hydrogens (tertiary/aromatic N) is 3. The minimum Gasteiger partial charge on any atom is -0.349 e. The minimum atomic E-state index is 0.00743. The van der Waals surface area contributed by atoms with E-state index in [1.807, 2.05) is 60.0 Å². The highest BCUT2D eigenvalue weighted by molar-refractivity contribution is 7.98. The summed E-state index contributed by atoms with van der Waals surface area (Å²) in [7, 11) is 0. The molecule has 0 spiro atoms. The molecule has 138 valence electrons. The second-order valence-corrected chi connectivity index (χ2v) is 7.96. The Morgan fingerprint density at radius 3 is 2.70 bits per heavy atom. The van der Waals surface area contributed by atoms with Crippen molar-refractivity contribution in [2.24, 2.45) is 0 Å². The molecule has 0 radical (unpaired) electrons. The molecule has 4 rings (SSSR count). The van der Waals surface area contributed by atoms with Gasteiger partial charge >= 0.3 is 0 Å². The van der Waals surface area contributed by atoms with Crippen LogP contribution in [-0.4, -0.2) is 26.7 Å². The maximum Gasteiger partial charge on any atom is 0.251 e. The fraction of sp³-hybridized carbons (Fsp3) is 0.250. The molecule has 27 heavy (non-hydrogen) atoms. The average molecular weight is 399 g/mol. The highest BCUT2D eigenvalue weighted by Crippen LogP contribution is 2.26. The molecule has 1 amide bonds. The van der Waals surface area contributed by atoms with Gasteiger partial charge in [0.25, 0.3) is 5.91 Å². The molecule has 1 fully saturated rings. The van der Waals surface area contributed by atoms with E-state index in [2.05, 4.69) is 15.5 Å². The molecule has 1 heterocycles. The molecule has 7 heteroatoms. The van der Waals surface area contributed by atoms with E-state index in [1.54, 1.807) is 11.8 Å². The quantitative estimate of drug-likeness (QED) is 0.624. The number of carbonyl (C=O) groups is 1. The first-order valence-electron chi connectivity index (χ1n) is 8.81. The van der Waals surface area contributed by atoms with E-state index >= 15 is 0 Å². The highest BCUT2D eigenvalue weighted by atomic mass is 35.5. The lowest BCUT2D eigenvalue weighted by Crippen LogP contribution is -2.25. The summed E-state index contributed by atoms with van der Waals surface area (Å²) in [4.78, 5) is 12.1. The number of aryl methyl sites for hydroxylation is 1. The van der Waals surface area contributed by atoms with Crippen LogP contribution in [-0.2, 0) is 5.75 Å². The SMILES string of the molecule is Cc1nnc(SCc2ccc(C(=O)NC3CC3)cc2)n1-c1cccc(Cl)c1. The average Bonchev–Trinajstić information content (AvgIpc) is 3.40. The molecule has 1 aliphatic rings. The third kappa shape index (κ3) is 4.34. The fourth-order valence-corrected chi connectivity index (χ4v) is 3.88. The van der Waals surface area contributed by atoms with Gasteiger partial charge in [-0.1, -0.05) is 41.6 Å². The van der Waals surface area contributed by atoms with Gasteiger partial charge in [-0.25, -0.2) is 0 Å². The van der Waals surface area contributed by atoms with Gasteiger partial charge in [0.05, 0.1) is 5.69 Å². The molecule has 0 atom stereocenters. The number of rotatable bonds is 6. The predicted molar refractivity (Wildman–Crippen MR) is 108 cm³/mol. The molecule has 0 saturated heterocycles. The summed E-state index contributed by atoms with van der Waals surface area (Å²) in [6.07, 6.45) is 2.18. The van der Waals surface area contributed by atoms with Crippen molar-refractivity contribution < 1.29 is 4.79 Å². The van der Waals surface area contributed by atoms with Gasteiger partial charge < -0.3 is 5.32 Å². The van der Waals surface area contributed by atoms with Crippen molar-refractivity contribution in [2.45, 2.75) is 36.7 Å². The number of nitrogens with one attached hydrogen (secondary N) is 1. The number of aromatic nitrogens is 3. The van der Waals surface area contributed by atoms with Crippen molar-refractivity contribution in [3.63, 3.8) is 0 Å². The van der Waals surface area contributed by atoms with Crippen LogP contribution >= 0.6 is 23.4 Å². The van der Waals surface area contributed by atoms with Gasteiger partial charge in [0, 0.05) is 22.4 Å². The lowest BCUT2D eigenvalue weighted by Gasteiger charge is -2.09. The van der Waals surface area contributed by atoms with Crippen LogP contribution in [0.4, 0.5) is 0 Å². The van der Waals surface area contributed by atoms with Crippen LogP contribution in [0, 0.1) is 6.92 Å². The van der Waals surface area contributed by atoms with Crippen molar-refractivity contribution in [2.75, 3.05) is 0 Å². The number of benzene rings is 2. The van der Waals surface area contributed by atoms with Gasteiger partial charge in [0.1, 0.15) is 5.82 Å². The normalized spacial score (nSPS) is 13.6. The van der Waals surface area contributed by atoms with Crippen LogP contribution in [0.1, 0.15) is 34.6 Å². The van der Waals surface area contributed by atoms with Crippen LogP contribution in [0.3, 0.4) is 0 Å². The molecule has 0 bridgehead atoms. The first kappa shape index (κ1) is 18.1. The highest BCUT2D eigenvalue weighted by Gasteiger charge is 2.23. The number of hydrogen-bond acceptors (Lipinski definition) is 4. The van der Waals surface area contributed by atoms with Gasteiger partial charge in [0.2, 0.25) is 0 Å². The Kier molecular flexibility index (Phi) is 5.18. The van der Waals surface area contributed by atoms with Gasteiger partial charge in [0.15, 0.2) is 5.16 Å². The van der Waals surface area contributed by atoms with E-state index < -0.39 is 0 Å². The number of hydrogen-bond donors (Lipinski definition) is 1. The van der Waals surface area contributed by atoms with Crippen LogP contribution < -0.4 is 5.32 Å². The standard InChI is InChI=1S/C20H19ClN4OS/c1-13-23-24-20(25(13)18-4-2-3-16(21)11-18)27-12-14-5-7-15(8-6-14)19(26)22-17-9-10-17/h2-8,11,17H,9-10,12H2,1H3,(H,22,26). The summed E-state index contributed by atoms with van der Waals surface area (Å²) >= 11 is 7.72. The topological polar surface area (TPSA) is 59.8 Å². The van der Waals surface area contributed by atoms with Crippen LogP contribution in [0.25, 0.3) is 5.69 Å². The second-order valence-electron chi connectivity index (χ2n) is 6.58. The molecule has 1 N–H and O–H groups in total. The summed E-state index contributed by atoms with van der Waals surface area (Å²) in [6, 6.07) is 15.7. The van der Waals surface area contributed by atoms with Crippen LogP contribution in [0.2, 0.25) is 5.02 Å². The Morgan fingerprint density at radius 1 is 1.22 bits per heavy atom.